The minimum Gasteiger partial charge on any atom is -0.504 e. The molecule has 0 fully saturated rings. The normalized spacial score (nSPS) is 12.8. The third-order valence-corrected chi connectivity index (χ3v) is 2.67. The quantitative estimate of drug-likeness (QED) is 0.833. The maximum absolute atomic E-state index is 10.3. The summed E-state index contributed by atoms with van der Waals surface area (Å²) in [6.07, 6.45) is 0. The molecule has 0 saturated heterocycles. The van der Waals surface area contributed by atoms with Gasteiger partial charge in [0, 0.05) is 11.5 Å². The number of aromatic nitrogens is 2. The fraction of sp³-hybridized carbons (Fsp3) is 0.769. The first-order chi connectivity index (χ1) is 7.16. The van der Waals surface area contributed by atoms with Gasteiger partial charge in [0.2, 0.25) is 0 Å². The number of hydrogen-bond acceptors (Lipinski definition) is 2. The van der Waals surface area contributed by atoms with E-state index in [0.29, 0.717) is 5.75 Å². The van der Waals surface area contributed by atoms with Crippen LogP contribution in [0.15, 0.2) is 0 Å². The van der Waals surface area contributed by atoms with Crippen LogP contribution in [0.5, 0.6) is 5.75 Å². The van der Waals surface area contributed by atoms with E-state index in [1.807, 2.05) is 4.68 Å². The summed E-state index contributed by atoms with van der Waals surface area (Å²) in [4.78, 5) is 0. The van der Waals surface area contributed by atoms with E-state index >= 15 is 0 Å². The zero-order chi connectivity index (χ0) is 12.7. The van der Waals surface area contributed by atoms with Crippen molar-refractivity contribution in [1.29, 1.82) is 0 Å². The lowest BCUT2D eigenvalue weighted by Crippen LogP contribution is -2.14. The second-order valence-electron chi connectivity index (χ2n) is 6.03. The number of hydrogen-bond donors (Lipinski definition) is 1. The van der Waals surface area contributed by atoms with Crippen LogP contribution in [0.1, 0.15) is 71.8 Å². The van der Waals surface area contributed by atoms with Gasteiger partial charge in [-0.15, -0.1) is 0 Å². The average Bonchev–Trinajstić information content (AvgIpc) is 2.41. The molecule has 1 rings (SSSR count). The fourth-order valence-corrected chi connectivity index (χ4v) is 1.88. The van der Waals surface area contributed by atoms with Gasteiger partial charge in [0.05, 0.1) is 5.69 Å². The molecule has 0 aliphatic carbocycles. The SMILES string of the molecule is CC(C)c1c(O)c(C(C)(C)C)nn1C(C)C. The molecule has 0 unspecified atom stereocenters. The molecule has 16 heavy (non-hydrogen) atoms. The first kappa shape index (κ1) is 13.1. The van der Waals surface area contributed by atoms with E-state index in [-0.39, 0.29) is 17.4 Å². The molecule has 1 N–H and O–H groups in total. The van der Waals surface area contributed by atoms with Gasteiger partial charge < -0.3 is 5.11 Å². The topological polar surface area (TPSA) is 38.1 Å². The van der Waals surface area contributed by atoms with Crippen molar-refractivity contribution in [3.8, 4) is 5.75 Å². The standard InChI is InChI=1S/C13H24N2O/c1-8(2)10-11(16)12(13(5,6)7)14-15(10)9(3)4/h8-9,16H,1-7H3. The van der Waals surface area contributed by atoms with Gasteiger partial charge in [-0.3, -0.25) is 4.68 Å². The van der Waals surface area contributed by atoms with Crippen LogP contribution in [0.25, 0.3) is 0 Å². The van der Waals surface area contributed by atoms with Crippen molar-refractivity contribution in [2.45, 2.75) is 65.8 Å². The van der Waals surface area contributed by atoms with Gasteiger partial charge in [-0.2, -0.15) is 5.10 Å². The molecule has 92 valence electrons. The summed E-state index contributed by atoms with van der Waals surface area (Å²) in [5, 5.41) is 14.8. The zero-order valence-electron chi connectivity index (χ0n) is 11.5. The highest BCUT2D eigenvalue weighted by Crippen LogP contribution is 2.37. The lowest BCUT2D eigenvalue weighted by atomic mass is 9.91. The highest BCUT2D eigenvalue weighted by molar-refractivity contribution is 5.38. The minimum absolute atomic E-state index is 0.117. The Morgan fingerprint density at radius 1 is 1.12 bits per heavy atom. The Balaban J connectivity index is 3.42. The third-order valence-electron chi connectivity index (χ3n) is 2.67. The predicted molar refractivity (Wildman–Crippen MR) is 67.1 cm³/mol. The second kappa shape index (κ2) is 4.11. The van der Waals surface area contributed by atoms with Crippen LogP contribution in [0, 0.1) is 0 Å². The number of aromatic hydroxyl groups is 1. The van der Waals surface area contributed by atoms with E-state index < -0.39 is 0 Å². The molecule has 3 heteroatoms. The molecule has 0 aliphatic rings. The van der Waals surface area contributed by atoms with E-state index in [1.54, 1.807) is 0 Å². The lowest BCUT2D eigenvalue weighted by Gasteiger charge is -2.15. The molecule has 0 atom stereocenters. The van der Waals surface area contributed by atoms with Crippen LogP contribution in [-0.2, 0) is 5.41 Å². The second-order valence-corrected chi connectivity index (χ2v) is 6.03. The van der Waals surface area contributed by atoms with Gasteiger partial charge in [0.15, 0.2) is 5.75 Å². The van der Waals surface area contributed by atoms with Crippen LogP contribution >= 0.6 is 0 Å². The van der Waals surface area contributed by atoms with Crippen LogP contribution in [-0.4, -0.2) is 14.9 Å². The van der Waals surface area contributed by atoms with Crippen molar-refractivity contribution < 1.29 is 5.11 Å². The first-order valence-corrected chi connectivity index (χ1v) is 5.98. The third kappa shape index (κ3) is 2.23. The van der Waals surface area contributed by atoms with E-state index in [9.17, 15) is 5.11 Å². The van der Waals surface area contributed by atoms with E-state index in [2.05, 4.69) is 53.6 Å². The lowest BCUT2D eigenvalue weighted by molar-refractivity contribution is 0.435. The average molecular weight is 224 g/mol. The first-order valence-electron chi connectivity index (χ1n) is 5.98. The summed E-state index contributed by atoms with van der Waals surface area (Å²) >= 11 is 0. The van der Waals surface area contributed by atoms with Gasteiger partial charge in [-0.05, 0) is 19.8 Å². The summed E-state index contributed by atoms with van der Waals surface area (Å²) in [5.41, 5.74) is 1.62. The molecule has 1 aromatic rings. The monoisotopic (exact) mass is 224 g/mol. The molecule has 0 bridgehead atoms. The van der Waals surface area contributed by atoms with Crippen LogP contribution in [0.2, 0.25) is 0 Å². The van der Waals surface area contributed by atoms with Crippen LogP contribution < -0.4 is 0 Å². The maximum atomic E-state index is 10.3. The molecule has 1 heterocycles. The van der Waals surface area contributed by atoms with E-state index in [4.69, 9.17) is 0 Å². The number of nitrogens with zero attached hydrogens (tertiary/aromatic N) is 2. The van der Waals surface area contributed by atoms with Gasteiger partial charge in [-0.1, -0.05) is 34.6 Å². The molecule has 3 nitrogen and oxygen atoms in total. The Kier molecular flexibility index (Phi) is 3.36. The minimum atomic E-state index is -0.117. The van der Waals surface area contributed by atoms with Crippen molar-refractivity contribution >= 4 is 0 Å². The van der Waals surface area contributed by atoms with E-state index in [0.717, 1.165) is 11.4 Å². The molecular weight excluding hydrogens is 200 g/mol. The van der Waals surface area contributed by atoms with Crippen LogP contribution in [0.4, 0.5) is 0 Å². The molecular formula is C13H24N2O. The Morgan fingerprint density at radius 2 is 1.62 bits per heavy atom. The molecule has 0 aromatic carbocycles. The zero-order valence-corrected chi connectivity index (χ0v) is 11.5. The smallest absolute Gasteiger partial charge is 0.160 e. The summed E-state index contributed by atoms with van der Waals surface area (Å²) in [7, 11) is 0. The Morgan fingerprint density at radius 3 is 1.88 bits per heavy atom. The highest BCUT2D eigenvalue weighted by atomic mass is 16.3. The molecule has 0 saturated carbocycles. The van der Waals surface area contributed by atoms with Crippen molar-refractivity contribution in [2.24, 2.45) is 0 Å². The summed E-state index contributed by atoms with van der Waals surface area (Å²) in [6.45, 7) is 14.6. The maximum Gasteiger partial charge on any atom is 0.160 e. The molecule has 0 radical (unpaired) electrons. The fourth-order valence-electron chi connectivity index (χ4n) is 1.88. The Bertz CT molecular complexity index is 370. The van der Waals surface area contributed by atoms with E-state index in [1.165, 1.54) is 0 Å². The molecule has 1 aromatic heterocycles. The predicted octanol–water partition coefficient (Wildman–Crippen LogP) is 3.59. The van der Waals surface area contributed by atoms with Crippen molar-refractivity contribution in [2.75, 3.05) is 0 Å². The van der Waals surface area contributed by atoms with Gasteiger partial charge in [0.1, 0.15) is 5.69 Å². The Labute approximate surface area is 98.5 Å². The van der Waals surface area contributed by atoms with Gasteiger partial charge >= 0.3 is 0 Å². The van der Waals surface area contributed by atoms with Crippen molar-refractivity contribution in [3.05, 3.63) is 11.4 Å². The molecule has 0 aliphatic heterocycles. The van der Waals surface area contributed by atoms with Crippen LogP contribution in [0.3, 0.4) is 0 Å². The largest absolute Gasteiger partial charge is 0.504 e. The van der Waals surface area contributed by atoms with Gasteiger partial charge in [-0.25, -0.2) is 0 Å². The Hall–Kier alpha value is -0.990. The summed E-state index contributed by atoms with van der Waals surface area (Å²) < 4.78 is 1.95. The number of rotatable bonds is 2. The summed E-state index contributed by atoms with van der Waals surface area (Å²) in [5.74, 6) is 0.655. The van der Waals surface area contributed by atoms with Crippen molar-refractivity contribution in [1.82, 2.24) is 9.78 Å². The van der Waals surface area contributed by atoms with Crippen molar-refractivity contribution in [3.63, 3.8) is 0 Å². The highest BCUT2D eigenvalue weighted by Gasteiger charge is 2.28. The summed E-state index contributed by atoms with van der Waals surface area (Å²) in [6, 6.07) is 0.277. The molecule has 0 spiro atoms. The van der Waals surface area contributed by atoms with Gasteiger partial charge in [0.25, 0.3) is 0 Å². The molecule has 0 amide bonds.